The molecule has 1 atom stereocenters. The van der Waals surface area contributed by atoms with Crippen LogP contribution in [0.2, 0.25) is 0 Å². The number of nitrogens with zero attached hydrogens (tertiary/aromatic N) is 1. The molecule has 0 bridgehead atoms. The van der Waals surface area contributed by atoms with Crippen LogP contribution in [0.25, 0.3) is 10.9 Å². The van der Waals surface area contributed by atoms with Gasteiger partial charge in [-0.3, -0.25) is 9.59 Å². The highest BCUT2D eigenvalue weighted by atomic mass is 16.2. The third-order valence-electron chi connectivity index (χ3n) is 4.53. The molecule has 1 aliphatic heterocycles. The second kappa shape index (κ2) is 7.49. The molecular formula is C18H24N4O2. The fourth-order valence-electron chi connectivity index (χ4n) is 3.18. The summed E-state index contributed by atoms with van der Waals surface area (Å²) in [6, 6.07) is 7.41. The molecule has 1 aromatic carbocycles. The largest absolute Gasteiger partial charge is 0.361 e. The summed E-state index contributed by atoms with van der Waals surface area (Å²) in [7, 11) is 0. The van der Waals surface area contributed by atoms with Gasteiger partial charge in [-0.15, -0.1) is 0 Å². The Kier molecular flexibility index (Phi) is 5.15. The van der Waals surface area contributed by atoms with Gasteiger partial charge in [-0.2, -0.15) is 0 Å². The number of nitrogens with two attached hydrogens (primary N) is 1. The first-order valence-electron chi connectivity index (χ1n) is 8.51. The molecule has 1 fully saturated rings. The molecule has 2 amide bonds. The highest BCUT2D eigenvalue weighted by molar-refractivity contribution is 5.86. The number of aromatic nitrogens is 1. The lowest BCUT2D eigenvalue weighted by Gasteiger charge is -2.16. The number of hydrogen-bond acceptors (Lipinski definition) is 3. The Hall–Kier alpha value is -2.34. The minimum atomic E-state index is -0.572. The van der Waals surface area contributed by atoms with Gasteiger partial charge in [0.2, 0.25) is 11.8 Å². The molecular weight excluding hydrogens is 304 g/mol. The summed E-state index contributed by atoms with van der Waals surface area (Å²) in [5, 5.41) is 3.97. The molecule has 4 N–H and O–H groups in total. The number of amides is 2. The van der Waals surface area contributed by atoms with Crippen LogP contribution in [0.15, 0.2) is 30.5 Å². The molecule has 3 rings (SSSR count). The van der Waals surface area contributed by atoms with Crippen molar-refractivity contribution in [1.82, 2.24) is 15.2 Å². The SMILES string of the molecule is NC(Cc1c[nH]c2ccccc12)C(=O)NCCCN1CCCC1=O. The van der Waals surface area contributed by atoms with Crippen LogP contribution in [0.4, 0.5) is 0 Å². The fraction of sp³-hybridized carbons (Fsp3) is 0.444. The van der Waals surface area contributed by atoms with Gasteiger partial charge in [0.25, 0.3) is 0 Å². The van der Waals surface area contributed by atoms with E-state index in [-0.39, 0.29) is 11.8 Å². The maximum absolute atomic E-state index is 12.1. The Morgan fingerprint density at radius 3 is 3.00 bits per heavy atom. The van der Waals surface area contributed by atoms with E-state index in [9.17, 15) is 9.59 Å². The van der Waals surface area contributed by atoms with E-state index in [1.54, 1.807) is 0 Å². The number of nitrogens with one attached hydrogen (secondary N) is 2. The number of carbonyl (C=O) groups is 2. The Balaban J connectivity index is 1.44. The minimum absolute atomic E-state index is 0.145. The Bertz CT molecular complexity index is 725. The smallest absolute Gasteiger partial charge is 0.237 e. The Morgan fingerprint density at radius 1 is 1.38 bits per heavy atom. The summed E-state index contributed by atoms with van der Waals surface area (Å²) in [4.78, 5) is 28.7. The lowest BCUT2D eigenvalue weighted by molar-refractivity contribution is -0.127. The van der Waals surface area contributed by atoms with Crippen molar-refractivity contribution in [3.05, 3.63) is 36.0 Å². The summed E-state index contributed by atoms with van der Waals surface area (Å²) in [5.41, 5.74) is 8.14. The third-order valence-corrected chi connectivity index (χ3v) is 4.53. The van der Waals surface area contributed by atoms with E-state index in [0.29, 0.717) is 25.9 Å². The molecule has 2 heterocycles. The first-order valence-corrected chi connectivity index (χ1v) is 8.51. The summed E-state index contributed by atoms with van der Waals surface area (Å²) < 4.78 is 0. The number of benzene rings is 1. The summed E-state index contributed by atoms with van der Waals surface area (Å²) in [6.07, 6.45) is 4.77. The average Bonchev–Trinajstić information content (AvgIpc) is 3.18. The van der Waals surface area contributed by atoms with Crippen LogP contribution in [0.1, 0.15) is 24.8 Å². The van der Waals surface area contributed by atoms with Gasteiger partial charge < -0.3 is 20.9 Å². The van der Waals surface area contributed by atoms with E-state index in [4.69, 9.17) is 5.73 Å². The normalized spacial score (nSPS) is 15.9. The van der Waals surface area contributed by atoms with E-state index >= 15 is 0 Å². The number of aromatic amines is 1. The number of hydrogen-bond donors (Lipinski definition) is 3. The van der Waals surface area contributed by atoms with E-state index < -0.39 is 6.04 Å². The second-order valence-corrected chi connectivity index (χ2v) is 6.30. The number of fused-ring (bicyclic) bond motifs is 1. The maximum atomic E-state index is 12.1. The van der Waals surface area contributed by atoms with Crippen molar-refractivity contribution in [3.63, 3.8) is 0 Å². The molecule has 2 aromatic rings. The number of H-pyrrole nitrogens is 1. The molecule has 0 aliphatic carbocycles. The first kappa shape index (κ1) is 16.5. The Morgan fingerprint density at radius 2 is 2.21 bits per heavy atom. The number of para-hydroxylation sites is 1. The molecule has 1 aromatic heterocycles. The van der Waals surface area contributed by atoms with E-state index in [1.807, 2.05) is 35.4 Å². The third kappa shape index (κ3) is 3.76. The van der Waals surface area contributed by atoms with Crippen molar-refractivity contribution in [3.8, 4) is 0 Å². The summed E-state index contributed by atoms with van der Waals surface area (Å²) in [6.45, 7) is 2.09. The zero-order valence-corrected chi connectivity index (χ0v) is 13.8. The molecule has 1 aliphatic rings. The van der Waals surface area contributed by atoms with Crippen LogP contribution in [0.3, 0.4) is 0 Å². The molecule has 128 valence electrons. The van der Waals surface area contributed by atoms with Crippen LogP contribution in [0, 0.1) is 0 Å². The van der Waals surface area contributed by atoms with Crippen molar-refractivity contribution in [2.45, 2.75) is 31.7 Å². The van der Waals surface area contributed by atoms with Crippen LogP contribution in [-0.2, 0) is 16.0 Å². The highest BCUT2D eigenvalue weighted by Gasteiger charge is 2.19. The molecule has 6 nitrogen and oxygen atoms in total. The van der Waals surface area contributed by atoms with Gasteiger partial charge in [0, 0.05) is 43.2 Å². The molecule has 0 saturated carbocycles. The van der Waals surface area contributed by atoms with Gasteiger partial charge in [-0.25, -0.2) is 0 Å². The topological polar surface area (TPSA) is 91.2 Å². The standard InChI is InChI=1S/C18H24N4O2/c19-15(11-13-12-21-16-6-2-1-5-14(13)16)18(24)20-8-4-10-22-9-3-7-17(22)23/h1-2,5-6,12,15,21H,3-4,7-11,19H2,(H,20,24). The lowest BCUT2D eigenvalue weighted by Crippen LogP contribution is -2.42. The Labute approximate surface area is 141 Å². The predicted octanol–water partition coefficient (Wildman–Crippen LogP) is 1.17. The van der Waals surface area contributed by atoms with Gasteiger partial charge in [0.05, 0.1) is 6.04 Å². The number of likely N-dealkylation sites (tertiary alicyclic amines) is 1. The molecule has 1 saturated heterocycles. The van der Waals surface area contributed by atoms with Gasteiger partial charge in [-0.05, 0) is 30.9 Å². The first-order chi connectivity index (χ1) is 11.6. The van der Waals surface area contributed by atoms with E-state index in [2.05, 4.69) is 10.3 Å². The van der Waals surface area contributed by atoms with E-state index in [1.165, 1.54) is 0 Å². The fourth-order valence-corrected chi connectivity index (χ4v) is 3.18. The van der Waals surface area contributed by atoms with Crippen molar-refractivity contribution in [2.24, 2.45) is 5.73 Å². The van der Waals surface area contributed by atoms with Crippen LogP contribution >= 0.6 is 0 Å². The average molecular weight is 328 g/mol. The van der Waals surface area contributed by atoms with Crippen molar-refractivity contribution >= 4 is 22.7 Å². The van der Waals surface area contributed by atoms with Gasteiger partial charge in [0.1, 0.15) is 0 Å². The molecule has 0 spiro atoms. The monoisotopic (exact) mass is 328 g/mol. The maximum Gasteiger partial charge on any atom is 0.237 e. The molecule has 6 heteroatoms. The van der Waals surface area contributed by atoms with Crippen LogP contribution < -0.4 is 11.1 Å². The molecule has 0 radical (unpaired) electrons. The van der Waals surface area contributed by atoms with Crippen molar-refractivity contribution in [1.29, 1.82) is 0 Å². The molecule has 1 unspecified atom stereocenters. The lowest BCUT2D eigenvalue weighted by atomic mass is 10.1. The van der Waals surface area contributed by atoms with Gasteiger partial charge in [0.15, 0.2) is 0 Å². The quantitative estimate of drug-likeness (QED) is 0.666. The minimum Gasteiger partial charge on any atom is -0.361 e. The van der Waals surface area contributed by atoms with Crippen molar-refractivity contribution in [2.75, 3.05) is 19.6 Å². The van der Waals surface area contributed by atoms with E-state index in [0.717, 1.165) is 35.9 Å². The second-order valence-electron chi connectivity index (χ2n) is 6.30. The zero-order chi connectivity index (χ0) is 16.9. The number of carbonyl (C=O) groups excluding carboxylic acids is 2. The summed E-state index contributed by atoms with van der Waals surface area (Å²) in [5.74, 6) is 0.0744. The van der Waals surface area contributed by atoms with Gasteiger partial charge in [-0.1, -0.05) is 18.2 Å². The van der Waals surface area contributed by atoms with Crippen LogP contribution in [-0.4, -0.2) is 47.4 Å². The molecule has 24 heavy (non-hydrogen) atoms. The van der Waals surface area contributed by atoms with Gasteiger partial charge >= 0.3 is 0 Å². The summed E-state index contributed by atoms with van der Waals surface area (Å²) >= 11 is 0. The predicted molar refractivity (Wildman–Crippen MR) is 93.4 cm³/mol. The van der Waals surface area contributed by atoms with Crippen molar-refractivity contribution < 1.29 is 9.59 Å². The highest BCUT2D eigenvalue weighted by Crippen LogP contribution is 2.18. The van der Waals surface area contributed by atoms with Crippen LogP contribution in [0.5, 0.6) is 0 Å². The number of rotatable bonds is 7. The zero-order valence-electron chi connectivity index (χ0n) is 13.8.